The molecule has 596 valence electrons. The monoisotopic (exact) mass is 1610 g/mol. The Morgan fingerprint density at radius 2 is 1.29 bits per heavy atom. The molecule has 8 N–H and O–H groups in total. The van der Waals surface area contributed by atoms with E-state index < -0.39 is 99.6 Å². The molecule has 2 heterocycles. The molecule has 0 spiro atoms. The highest BCUT2D eigenvalue weighted by Gasteiger charge is 2.74. The first-order chi connectivity index (χ1) is 52.8. The van der Waals surface area contributed by atoms with Crippen LogP contribution in [-0.2, 0) is 70.6 Å². The Morgan fingerprint density at radius 1 is 0.676 bits per heavy atom. The molecular weight excluding hydrogens is 1520 g/mol. The van der Waals surface area contributed by atoms with Gasteiger partial charge in [-0.3, -0.25) is 29.0 Å². The SMILES string of the molecule is CC(C)[C@H](NC(=O)CCOCCOCCOCCOCCNC(=O)CCC(=O)N1Cc2ccccc2C#Cc2ccccc21)C(=O)N[C@@H](CCCNC(N)=O)C(=O)Nc1ccc(COC(=O)N(C)CCCS(=O)(=O)c2cccc(-c3ccc(C4CC(C(O)(C(F)(F)F)C(F)(F)F)=NN4c4c(Cl)cccc4Cl)cc3)c2)cc1. The molecule has 0 bridgehead atoms. The Hall–Kier alpha value is -9.85. The molecule has 6 aromatic rings. The van der Waals surface area contributed by atoms with Crippen molar-refractivity contribution in [2.45, 2.75) is 113 Å². The number of amides is 8. The molecule has 3 atom stereocenters. The van der Waals surface area contributed by atoms with Gasteiger partial charge in [0.1, 0.15) is 18.7 Å². The number of halogens is 8. The van der Waals surface area contributed by atoms with Crippen molar-refractivity contribution < 1.29 is 97.1 Å². The summed E-state index contributed by atoms with van der Waals surface area (Å²) in [4.78, 5) is 93.9. The highest BCUT2D eigenvalue weighted by molar-refractivity contribution is 7.91. The molecule has 0 aromatic heterocycles. The number of nitrogens with one attached hydrogen (secondary N) is 5. The number of hydrazone groups is 1. The fourth-order valence-corrected chi connectivity index (χ4v) is 13.6. The topological polar surface area (TPSA) is 328 Å². The van der Waals surface area contributed by atoms with E-state index in [1.54, 1.807) is 36.9 Å². The largest absolute Gasteiger partial charge is 0.445 e. The molecule has 25 nitrogen and oxygen atoms in total. The van der Waals surface area contributed by atoms with Crippen molar-refractivity contribution in [3.63, 3.8) is 0 Å². The number of primary amides is 1. The number of hydrogen-bond acceptors (Lipinski definition) is 17. The van der Waals surface area contributed by atoms with Crippen molar-refractivity contribution in [3.8, 4) is 23.0 Å². The Labute approximate surface area is 648 Å². The number of rotatable bonds is 39. The number of aliphatic hydroxyl groups is 1. The van der Waals surface area contributed by atoms with E-state index in [1.165, 1.54) is 84.7 Å². The van der Waals surface area contributed by atoms with E-state index in [9.17, 15) is 73.4 Å². The van der Waals surface area contributed by atoms with Crippen LogP contribution in [0, 0.1) is 17.8 Å². The van der Waals surface area contributed by atoms with Crippen LogP contribution >= 0.6 is 23.2 Å². The fraction of sp³-hybridized carbons (Fsp3) is 0.403. The minimum absolute atomic E-state index is 0.0127. The summed E-state index contributed by atoms with van der Waals surface area (Å²) in [6.45, 7) is 5.61. The van der Waals surface area contributed by atoms with Crippen LogP contribution in [-0.4, -0.2) is 181 Å². The number of sulfone groups is 1. The molecule has 0 saturated carbocycles. The number of carbonyl (C=O) groups is 7. The number of nitrogens with zero attached hydrogens (tertiary/aromatic N) is 4. The third-order valence-corrected chi connectivity index (χ3v) is 20.1. The van der Waals surface area contributed by atoms with Crippen LogP contribution in [0.3, 0.4) is 0 Å². The van der Waals surface area contributed by atoms with Crippen LogP contribution in [0.4, 0.5) is 53.0 Å². The lowest BCUT2D eigenvalue weighted by atomic mass is 9.89. The third-order valence-electron chi connectivity index (χ3n) is 17.7. The molecule has 0 fully saturated rings. The number of para-hydroxylation sites is 2. The summed E-state index contributed by atoms with van der Waals surface area (Å²) < 4.78 is 139. The number of fused-ring (bicyclic) bond motifs is 2. The number of anilines is 3. The third kappa shape index (κ3) is 24.8. The van der Waals surface area contributed by atoms with Gasteiger partial charge in [0.25, 0.3) is 5.60 Å². The lowest BCUT2D eigenvalue weighted by Gasteiger charge is -2.32. The highest BCUT2D eigenvalue weighted by atomic mass is 35.5. The second-order valence-electron chi connectivity index (χ2n) is 26.1. The number of nitrogens with two attached hydrogens (primary N) is 1. The number of alkyl halides is 6. The molecule has 8 amide bonds. The standard InChI is InChI=1S/C77H86Cl2F6N10O15S/c1-50(2)69(91-67(97)33-37-106-39-41-108-43-44-109-42-40-107-38-35-87-66(96)31-32-68(98)94-48-57-14-5-4-12-52(57)23-26-54-13-6-7-20-63(54)94)72(100)90-62(19-10-34-88-73(86)101)71(99)89-58-29-21-51(22-30-58)49-110-74(102)93(3)36-11-45-111(104,105)59-16-8-15-56(46-59)53-24-27-55(28-25-53)64-47-65(75(103,76(80,81)82)77(83,84)85)92-95(64)70-60(78)17-9-18-61(70)79/h4-9,12-18,20-22,24-25,27-30,46,50,62,64,69,103H,10-11,19,31-45,47-49H2,1-3H3,(H,87,96)(H,89,99)(H,90,100)(H,91,97)(H3,86,88,101)/t62-,64?,69-/m0/s1. The van der Waals surface area contributed by atoms with Gasteiger partial charge in [-0.05, 0) is 108 Å². The van der Waals surface area contributed by atoms with Crippen LogP contribution in [0.2, 0.25) is 10.0 Å². The first-order valence-corrected chi connectivity index (χ1v) is 37.8. The van der Waals surface area contributed by atoms with Gasteiger partial charge in [0.2, 0.25) is 29.5 Å². The van der Waals surface area contributed by atoms with E-state index in [1.807, 2.05) is 48.5 Å². The van der Waals surface area contributed by atoms with Gasteiger partial charge in [-0.1, -0.05) is 134 Å². The molecule has 1 unspecified atom stereocenters. The summed E-state index contributed by atoms with van der Waals surface area (Å²) in [5.41, 5.74) is 3.04. The van der Waals surface area contributed by atoms with E-state index in [0.717, 1.165) is 21.7 Å². The van der Waals surface area contributed by atoms with Crippen molar-refractivity contribution >= 4 is 97.5 Å². The second-order valence-corrected chi connectivity index (χ2v) is 29.0. The quantitative estimate of drug-likeness (QED) is 0.0107. The average Bonchev–Trinajstić information content (AvgIpc) is 1.60. The predicted octanol–water partition coefficient (Wildman–Crippen LogP) is 10.6. The number of ether oxygens (including phenoxy) is 5. The molecule has 6 aromatic carbocycles. The first-order valence-electron chi connectivity index (χ1n) is 35.4. The van der Waals surface area contributed by atoms with Gasteiger partial charge in [-0.25, -0.2) is 18.0 Å². The van der Waals surface area contributed by atoms with Crippen molar-refractivity contribution in [1.82, 2.24) is 26.2 Å². The van der Waals surface area contributed by atoms with Gasteiger partial charge in [0, 0.05) is 69.2 Å². The Morgan fingerprint density at radius 3 is 1.94 bits per heavy atom. The van der Waals surface area contributed by atoms with E-state index >= 15 is 0 Å². The van der Waals surface area contributed by atoms with Gasteiger partial charge in [-0.2, -0.15) is 31.4 Å². The molecule has 8 rings (SSSR count). The maximum Gasteiger partial charge on any atom is 0.431 e. The predicted molar refractivity (Wildman–Crippen MR) is 403 cm³/mol. The van der Waals surface area contributed by atoms with Crippen molar-refractivity contribution in [1.29, 1.82) is 0 Å². The van der Waals surface area contributed by atoms with E-state index in [-0.39, 0.29) is 156 Å². The minimum atomic E-state index is -6.21. The minimum Gasteiger partial charge on any atom is -0.445 e. The van der Waals surface area contributed by atoms with Crippen LogP contribution in [0.5, 0.6) is 0 Å². The van der Waals surface area contributed by atoms with Gasteiger partial charge >= 0.3 is 24.5 Å². The van der Waals surface area contributed by atoms with Crippen LogP contribution in [0.25, 0.3) is 11.1 Å². The van der Waals surface area contributed by atoms with Gasteiger partial charge < -0.3 is 70.9 Å². The lowest BCUT2D eigenvalue weighted by Crippen LogP contribution is -2.62. The van der Waals surface area contributed by atoms with Crippen molar-refractivity contribution in [2.75, 3.05) is 101 Å². The highest BCUT2D eigenvalue weighted by Crippen LogP contribution is 2.51. The smallest absolute Gasteiger partial charge is 0.431 e. The van der Waals surface area contributed by atoms with Crippen LogP contribution in [0.1, 0.15) is 92.7 Å². The number of hydrogen-bond donors (Lipinski definition) is 7. The van der Waals surface area contributed by atoms with Crippen molar-refractivity contribution in [3.05, 3.63) is 177 Å². The summed E-state index contributed by atoms with van der Waals surface area (Å²) in [6.07, 6.45) is -14.1. The zero-order chi connectivity index (χ0) is 80.5. The summed E-state index contributed by atoms with van der Waals surface area (Å²) in [7, 11) is -2.57. The fourth-order valence-electron chi connectivity index (χ4n) is 11.7. The molecule has 0 aliphatic carbocycles. The number of benzene rings is 6. The van der Waals surface area contributed by atoms with Gasteiger partial charge in [-0.15, -0.1) is 0 Å². The normalized spacial score (nSPS) is 14.1. The maximum absolute atomic E-state index is 14.1. The lowest BCUT2D eigenvalue weighted by molar-refractivity contribution is -0.338. The zero-order valence-corrected chi connectivity index (χ0v) is 63.2. The summed E-state index contributed by atoms with van der Waals surface area (Å²) in [5.74, 6) is 3.33. The molecule has 34 heteroatoms. The zero-order valence-electron chi connectivity index (χ0n) is 60.9. The Kier molecular flexibility index (Phi) is 32.0. The maximum atomic E-state index is 14.1. The Bertz CT molecular complexity index is 4400. The molecule has 2 aliphatic heterocycles. The summed E-state index contributed by atoms with van der Waals surface area (Å²) >= 11 is 12.7. The van der Waals surface area contributed by atoms with Crippen molar-refractivity contribution in [2.24, 2.45) is 16.8 Å². The molecule has 0 saturated heterocycles. The van der Waals surface area contributed by atoms with Gasteiger partial charge in [0.05, 0.1) is 103 Å². The summed E-state index contributed by atoms with van der Waals surface area (Å²) in [6, 6.07) is 32.5. The molecule has 0 radical (unpaired) electrons. The molecule has 2 aliphatic rings. The second kappa shape index (κ2) is 40.9. The first kappa shape index (κ1) is 86.7. The number of carbonyl (C=O) groups excluding carboxylic acids is 7. The van der Waals surface area contributed by atoms with E-state index in [0.29, 0.717) is 34.6 Å². The Balaban J connectivity index is 0.699. The number of urea groups is 1. The van der Waals surface area contributed by atoms with Crippen LogP contribution in [0.15, 0.2) is 150 Å². The van der Waals surface area contributed by atoms with Gasteiger partial charge in [0.15, 0.2) is 9.84 Å². The van der Waals surface area contributed by atoms with E-state index in [2.05, 4.69) is 43.5 Å². The summed E-state index contributed by atoms with van der Waals surface area (Å²) in [5, 5.41) is 27.8. The van der Waals surface area contributed by atoms with E-state index in [4.69, 9.17) is 52.6 Å². The van der Waals surface area contributed by atoms with Crippen LogP contribution < -0.4 is 42.2 Å². The molecular formula is C77H86Cl2F6N10O15S. The average molecular weight is 1610 g/mol. The molecule has 111 heavy (non-hydrogen) atoms.